The van der Waals surface area contributed by atoms with Crippen LogP contribution in [0.25, 0.3) is 0 Å². The van der Waals surface area contributed by atoms with Crippen LogP contribution in [0.15, 0.2) is 43.0 Å². The first-order valence-corrected chi connectivity index (χ1v) is 7.82. The fraction of sp³-hybridized carbons (Fsp3) is 0.500. The maximum atomic E-state index is 13.1. The molecule has 2 saturated heterocycles. The molecule has 1 aromatic carbocycles. The van der Waals surface area contributed by atoms with Crippen molar-refractivity contribution in [3.63, 3.8) is 0 Å². The molecule has 112 valence electrons. The Morgan fingerprint density at radius 3 is 2.86 bits per heavy atom. The fourth-order valence-corrected chi connectivity index (χ4v) is 3.71. The molecule has 3 heteroatoms. The number of ether oxygens (including phenoxy) is 1. The number of amides is 1. The Morgan fingerprint density at radius 1 is 1.43 bits per heavy atom. The van der Waals surface area contributed by atoms with Gasteiger partial charge in [-0.05, 0) is 31.2 Å². The number of carbonyl (C=O) groups is 1. The van der Waals surface area contributed by atoms with Crippen molar-refractivity contribution >= 4 is 5.91 Å². The van der Waals surface area contributed by atoms with E-state index in [1.54, 1.807) is 0 Å². The predicted molar refractivity (Wildman–Crippen MR) is 82.5 cm³/mol. The lowest BCUT2D eigenvalue weighted by atomic mass is 9.73. The van der Waals surface area contributed by atoms with E-state index in [1.807, 2.05) is 29.2 Å². The number of allylic oxidation sites excluding steroid dienone is 1. The summed E-state index contributed by atoms with van der Waals surface area (Å²) in [6.45, 7) is 6.56. The first kappa shape index (κ1) is 14.3. The summed E-state index contributed by atoms with van der Waals surface area (Å²) < 4.78 is 5.89. The zero-order valence-electron chi connectivity index (χ0n) is 12.6. The van der Waals surface area contributed by atoms with Crippen molar-refractivity contribution in [2.24, 2.45) is 5.41 Å². The van der Waals surface area contributed by atoms with E-state index >= 15 is 0 Å². The second-order valence-electron chi connectivity index (χ2n) is 6.09. The zero-order chi connectivity index (χ0) is 14.9. The van der Waals surface area contributed by atoms with Gasteiger partial charge in [0, 0.05) is 0 Å². The van der Waals surface area contributed by atoms with Crippen LogP contribution in [0, 0.1) is 5.41 Å². The summed E-state index contributed by atoms with van der Waals surface area (Å²) in [5, 5.41) is 0. The Morgan fingerprint density at radius 2 is 2.19 bits per heavy atom. The minimum Gasteiger partial charge on any atom is -0.356 e. The molecule has 1 amide bonds. The molecule has 3 nitrogen and oxygen atoms in total. The Bertz CT molecular complexity index is 527. The molecule has 3 atom stereocenters. The van der Waals surface area contributed by atoms with Gasteiger partial charge in [0.1, 0.15) is 6.23 Å². The van der Waals surface area contributed by atoms with E-state index in [1.165, 1.54) is 5.56 Å². The summed E-state index contributed by atoms with van der Waals surface area (Å²) in [5.41, 5.74) is 0.887. The van der Waals surface area contributed by atoms with Crippen LogP contribution in [0.4, 0.5) is 0 Å². The van der Waals surface area contributed by atoms with E-state index in [4.69, 9.17) is 4.74 Å². The highest BCUT2D eigenvalue weighted by atomic mass is 16.5. The molecular formula is C18H23NO2. The van der Waals surface area contributed by atoms with Gasteiger partial charge in [-0.3, -0.25) is 4.79 Å². The maximum absolute atomic E-state index is 13.1. The molecule has 0 aliphatic carbocycles. The van der Waals surface area contributed by atoms with E-state index in [0.717, 1.165) is 25.7 Å². The molecular weight excluding hydrogens is 262 g/mol. The van der Waals surface area contributed by atoms with Crippen molar-refractivity contribution in [2.75, 3.05) is 6.61 Å². The molecule has 0 saturated carbocycles. The Kier molecular flexibility index (Phi) is 3.85. The van der Waals surface area contributed by atoms with Crippen molar-refractivity contribution in [1.29, 1.82) is 0 Å². The monoisotopic (exact) mass is 285 g/mol. The number of fused-ring (bicyclic) bond motifs is 1. The van der Waals surface area contributed by atoms with Crippen LogP contribution in [0.2, 0.25) is 0 Å². The van der Waals surface area contributed by atoms with Crippen molar-refractivity contribution in [3.8, 4) is 0 Å². The largest absolute Gasteiger partial charge is 0.356 e. The molecule has 1 unspecified atom stereocenters. The van der Waals surface area contributed by atoms with Crippen molar-refractivity contribution in [3.05, 3.63) is 48.6 Å². The topological polar surface area (TPSA) is 29.5 Å². The number of rotatable bonds is 4. The minimum absolute atomic E-state index is 0.0489. The molecule has 0 aromatic heterocycles. The second-order valence-corrected chi connectivity index (χ2v) is 6.09. The Balaban J connectivity index is 1.92. The van der Waals surface area contributed by atoms with Crippen LogP contribution < -0.4 is 0 Å². The molecule has 2 aliphatic heterocycles. The standard InChI is InChI=1S/C18H23NO2/c1-3-11-18(4-2)12-10-16-19(17(18)20)15(13-21-16)14-8-6-5-7-9-14/h3,5-9,15-16H,1,4,10-13H2,2H3/t15-,16?,18-/m0/s1. The maximum Gasteiger partial charge on any atom is 0.231 e. The molecule has 0 N–H and O–H groups in total. The highest BCUT2D eigenvalue weighted by Gasteiger charge is 2.50. The summed E-state index contributed by atoms with van der Waals surface area (Å²) >= 11 is 0. The van der Waals surface area contributed by atoms with Crippen molar-refractivity contribution in [2.45, 2.75) is 44.9 Å². The van der Waals surface area contributed by atoms with Gasteiger partial charge < -0.3 is 9.64 Å². The van der Waals surface area contributed by atoms with Crippen LogP contribution in [-0.4, -0.2) is 23.6 Å². The third-order valence-electron chi connectivity index (χ3n) is 5.05. The number of hydrogen-bond acceptors (Lipinski definition) is 2. The van der Waals surface area contributed by atoms with Gasteiger partial charge in [-0.1, -0.05) is 43.3 Å². The lowest BCUT2D eigenvalue weighted by Gasteiger charge is -2.43. The summed E-state index contributed by atoms with van der Waals surface area (Å²) in [6, 6.07) is 10.3. The quantitative estimate of drug-likeness (QED) is 0.790. The summed E-state index contributed by atoms with van der Waals surface area (Å²) in [4.78, 5) is 15.1. The second kappa shape index (κ2) is 5.64. The van der Waals surface area contributed by atoms with E-state index in [-0.39, 0.29) is 23.6 Å². The number of nitrogens with zero attached hydrogens (tertiary/aromatic N) is 1. The van der Waals surface area contributed by atoms with Gasteiger partial charge in [0.15, 0.2) is 0 Å². The summed E-state index contributed by atoms with van der Waals surface area (Å²) in [5.74, 6) is 0.243. The van der Waals surface area contributed by atoms with Gasteiger partial charge in [-0.25, -0.2) is 0 Å². The van der Waals surface area contributed by atoms with Gasteiger partial charge >= 0.3 is 0 Å². The molecule has 21 heavy (non-hydrogen) atoms. The van der Waals surface area contributed by atoms with Gasteiger partial charge in [-0.2, -0.15) is 0 Å². The zero-order valence-corrected chi connectivity index (χ0v) is 12.6. The fourth-order valence-electron chi connectivity index (χ4n) is 3.71. The summed E-state index contributed by atoms with van der Waals surface area (Å²) in [6.07, 6.45) is 5.28. The van der Waals surface area contributed by atoms with Crippen molar-refractivity contribution in [1.82, 2.24) is 4.90 Å². The molecule has 0 radical (unpaired) electrons. The third kappa shape index (κ3) is 2.30. The van der Waals surface area contributed by atoms with Gasteiger partial charge in [0.25, 0.3) is 0 Å². The first-order valence-electron chi connectivity index (χ1n) is 7.82. The smallest absolute Gasteiger partial charge is 0.231 e. The van der Waals surface area contributed by atoms with Crippen LogP contribution in [0.1, 0.15) is 44.2 Å². The molecule has 2 heterocycles. The highest BCUT2D eigenvalue weighted by molar-refractivity contribution is 5.84. The van der Waals surface area contributed by atoms with Crippen molar-refractivity contribution < 1.29 is 9.53 Å². The predicted octanol–water partition coefficient (Wildman–Crippen LogP) is 3.68. The highest BCUT2D eigenvalue weighted by Crippen LogP contribution is 2.46. The molecule has 2 fully saturated rings. The molecule has 0 spiro atoms. The SMILES string of the molecule is C=CC[C@@]1(CC)CCC2OC[C@@H](c3ccccc3)N2C1=O. The summed E-state index contributed by atoms with van der Waals surface area (Å²) in [7, 11) is 0. The number of carbonyl (C=O) groups excluding carboxylic acids is 1. The van der Waals surface area contributed by atoms with Gasteiger partial charge in [0.2, 0.25) is 5.91 Å². The average Bonchev–Trinajstić information content (AvgIpc) is 2.96. The van der Waals surface area contributed by atoms with E-state index in [0.29, 0.717) is 6.61 Å². The van der Waals surface area contributed by atoms with Gasteiger partial charge in [0.05, 0.1) is 18.1 Å². The number of piperidine rings is 1. The first-order chi connectivity index (χ1) is 10.2. The molecule has 1 aromatic rings. The van der Waals surface area contributed by atoms with Crippen LogP contribution >= 0.6 is 0 Å². The van der Waals surface area contributed by atoms with Gasteiger partial charge in [-0.15, -0.1) is 6.58 Å². The Labute approximate surface area is 126 Å². The van der Waals surface area contributed by atoms with Crippen LogP contribution in [0.3, 0.4) is 0 Å². The van der Waals surface area contributed by atoms with E-state index in [2.05, 4.69) is 25.6 Å². The van der Waals surface area contributed by atoms with Crippen LogP contribution in [0.5, 0.6) is 0 Å². The minimum atomic E-state index is -0.279. The number of benzene rings is 1. The van der Waals surface area contributed by atoms with E-state index < -0.39 is 0 Å². The Hall–Kier alpha value is -1.61. The lowest BCUT2D eigenvalue weighted by molar-refractivity contribution is -0.157. The molecule has 0 bridgehead atoms. The van der Waals surface area contributed by atoms with Crippen LogP contribution in [-0.2, 0) is 9.53 Å². The van der Waals surface area contributed by atoms with E-state index in [9.17, 15) is 4.79 Å². The normalized spacial score (nSPS) is 32.0. The lowest BCUT2D eigenvalue weighted by Crippen LogP contribution is -2.51. The average molecular weight is 285 g/mol. The molecule has 3 rings (SSSR count). The number of hydrogen-bond donors (Lipinski definition) is 0. The molecule has 2 aliphatic rings. The third-order valence-corrected chi connectivity index (χ3v) is 5.05.